The van der Waals surface area contributed by atoms with E-state index in [0.717, 1.165) is 38.6 Å². The van der Waals surface area contributed by atoms with Crippen molar-refractivity contribution in [2.75, 3.05) is 0 Å². The fraction of sp³-hybridized carbons (Fsp3) is 0. The van der Waals surface area contributed by atoms with Gasteiger partial charge in [-0.2, -0.15) is 0 Å². The SMILES string of the molecule is c1ccc(-c2nc(-c3ccc4sc5ccc(-c6cccc7c6sc6ccccc67)cc5c4c3)nc(-c3cccc4oc5ccccc5c34)n2)cc1. The number of benzene rings is 7. The van der Waals surface area contributed by atoms with Gasteiger partial charge in [-0.3, -0.25) is 0 Å². The summed E-state index contributed by atoms with van der Waals surface area (Å²) in [6.45, 7) is 0. The van der Waals surface area contributed by atoms with Crippen molar-refractivity contribution >= 4 is 85.0 Å². The van der Waals surface area contributed by atoms with Crippen molar-refractivity contribution in [1.29, 1.82) is 0 Å². The fourth-order valence-corrected chi connectivity index (χ4v) is 9.67. The maximum absolute atomic E-state index is 6.24. The van der Waals surface area contributed by atoms with E-state index in [1.54, 1.807) is 0 Å². The lowest BCUT2D eigenvalue weighted by molar-refractivity contribution is 0.669. The van der Waals surface area contributed by atoms with Crippen LogP contribution in [0.15, 0.2) is 156 Å². The first kappa shape index (κ1) is 28.6. The van der Waals surface area contributed by atoms with Crippen LogP contribution in [0.4, 0.5) is 0 Å². The van der Waals surface area contributed by atoms with E-state index >= 15 is 0 Å². The number of rotatable bonds is 4. The van der Waals surface area contributed by atoms with E-state index in [1.165, 1.54) is 51.5 Å². The summed E-state index contributed by atoms with van der Waals surface area (Å²) >= 11 is 3.69. The average Bonchev–Trinajstić information content (AvgIpc) is 3.89. The monoisotopic (exact) mass is 687 g/mol. The molecule has 0 atom stereocenters. The summed E-state index contributed by atoms with van der Waals surface area (Å²) in [5.74, 6) is 1.88. The Morgan fingerprint density at radius 3 is 1.84 bits per heavy atom. The number of furan rings is 1. The third-order valence-corrected chi connectivity index (χ3v) is 12.1. The molecule has 6 heteroatoms. The minimum Gasteiger partial charge on any atom is -0.456 e. The molecule has 0 aliphatic rings. The van der Waals surface area contributed by atoms with Gasteiger partial charge in [-0.25, -0.2) is 15.0 Å². The van der Waals surface area contributed by atoms with Crippen molar-refractivity contribution in [2.24, 2.45) is 0 Å². The zero-order valence-corrected chi connectivity index (χ0v) is 28.6. The summed E-state index contributed by atoms with van der Waals surface area (Å²) in [6, 6.07) is 53.2. The number of nitrogens with zero attached hydrogens (tertiary/aromatic N) is 3. The molecule has 0 bridgehead atoms. The fourth-order valence-electron chi connectivity index (χ4n) is 7.36. The molecule has 0 aliphatic carbocycles. The van der Waals surface area contributed by atoms with Crippen LogP contribution in [-0.2, 0) is 0 Å². The molecule has 0 fully saturated rings. The van der Waals surface area contributed by atoms with E-state index in [0.29, 0.717) is 17.5 Å². The van der Waals surface area contributed by atoms with Gasteiger partial charge in [-0.05, 0) is 59.7 Å². The van der Waals surface area contributed by atoms with Gasteiger partial charge in [-0.15, -0.1) is 22.7 Å². The maximum atomic E-state index is 6.24. The molecule has 4 nitrogen and oxygen atoms in total. The topological polar surface area (TPSA) is 51.8 Å². The number of hydrogen-bond acceptors (Lipinski definition) is 6. The molecule has 7 aromatic carbocycles. The molecular formula is C45H25N3OS2. The smallest absolute Gasteiger partial charge is 0.164 e. The average molecular weight is 688 g/mol. The second kappa shape index (κ2) is 11.2. The van der Waals surface area contributed by atoms with E-state index < -0.39 is 0 Å². The first-order chi connectivity index (χ1) is 25.2. The van der Waals surface area contributed by atoms with Gasteiger partial charge in [0.25, 0.3) is 0 Å². The minimum absolute atomic E-state index is 0.616. The van der Waals surface area contributed by atoms with E-state index in [1.807, 2.05) is 83.3 Å². The highest BCUT2D eigenvalue weighted by molar-refractivity contribution is 7.26. The molecule has 11 aromatic rings. The first-order valence-corrected chi connectivity index (χ1v) is 18.5. The lowest BCUT2D eigenvalue weighted by Crippen LogP contribution is -2.00. The molecule has 0 N–H and O–H groups in total. The van der Waals surface area contributed by atoms with Crippen LogP contribution >= 0.6 is 22.7 Å². The molecule has 0 spiro atoms. The van der Waals surface area contributed by atoms with E-state index in [4.69, 9.17) is 19.4 Å². The maximum Gasteiger partial charge on any atom is 0.164 e. The van der Waals surface area contributed by atoms with E-state index in [2.05, 4.69) is 91.0 Å². The predicted molar refractivity (Wildman–Crippen MR) is 215 cm³/mol. The number of para-hydroxylation sites is 1. The quantitative estimate of drug-likeness (QED) is 0.185. The molecule has 0 saturated carbocycles. The number of hydrogen-bond donors (Lipinski definition) is 0. The van der Waals surface area contributed by atoms with Gasteiger partial charge in [0.05, 0.1) is 0 Å². The zero-order chi connectivity index (χ0) is 33.5. The van der Waals surface area contributed by atoms with Crippen LogP contribution in [0.1, 0.15) is 0 Å². The van der Waals surface area contributed by atoms with Crippen LogP contribution in [0, 0.1) is 0 Å². The van der Waals surface area contributed by atoms with Crippen molar-refractivity contribution < 1.29 is 4.42 Å². The number of fused-ring (bicyclic) bond motifs is 9. The first-order valence-electron chi connectivity index (χ1n) is 16.8. The van der Waals surface area contributed by atoms with E-state index in [9.17, 15) is 0 Å². The predicted octanol–water partition coefficient (Wildman–Crippen LogP) is 13.2. The minimum atomic E-state index is 0.616. The highest BCUT2D eigenvalue weighted by atomic mass is 32.1. The second-order valence-corrected chi connectivity index (χ2v) is 14.9. The standard InChI is InChI=1S/C45H25N3OS2/c1-2-10-26(11-3-1)43-46-44(48-45(47-43)33-16-9-18-37-41(33)32-13-4-6-17-36(32)49-37)28-21-23-40-35(25-28)34-24-27(20-22-39(34)50-40)29-14-8-15-31-30-12-5-7-19-38(30)51-42(29)31/h1-25H. The Labute approximate surface area is 299 Å². The summed E-state index contributed by atoms with van der Waals surface area (Å²) in [6.07, 6.45) is 0. The Balaban J connectivity index is 1.10. The highest BCUT2D eigenvalue weighted by Crippen LogP contribution is 2.43. The molecule has 0 saturated heterocycles. The number of thiophene rings is 2. The Hall–Kier alpha value is -6.21. The Kier molecular flexibility index (Phi) is 6.26. The third kappa shape index (κ3) is 4.54. The van der Waals surface area contributed by atoms with Crippen LogP contribution in [0.25, 0.3) is 108 Å². The van der Waals surface area contributed by atoms with Gasteiger partial charge in [0, 0.05) is 67.8 Å². The number of aromatic nitrogens is 3. The molecule has 4 aromatic heterocycles. The lowest BCUT2D eigenvalue weighted by Gasteiger charge is -2.09. The summed E-state index contributed by atoms with van der Waals surface area (Å²) < 4.78 is 11.4. The third-order valence-electron chi connectivity index (χ3n) is 9.75. The van der Waals surface area contributed by atoms with Gasteiger partial charge in [0.2, 0.25) is 0 Å². The summed E-state index contributed by atoms with van der Waals surface area (Å²) in [4.78, 5) is 15.3. The molecule has 0 unspecified atom stereocenters. The molecule has 0 amide bonds. The van der Waals surface area contributed by atoms with Gasteiger partial charge in [0.15, 0.2) is 17.5 Å². The molecule has 238 valence electrons. The summed E-state index contributed by atoms with van der Waals surface area (Å²) in [5.41, 5.74) is 6.94. The van der Waals surface area contributed by atoms with Crippen molar-refractivity contribution in [3.05, 3.63) is 152 Å². The molecule has 0 aliphatic heterocycles. The summed E-state index contributed by atoms with van der Waals surface area (Å²) in [5, 5.41) is 7.10. The van der Waals surface area contributed by atoms with Crippen LogP contribution in [-0.4, -0.2) is 15.0 Å². The Morgan fingerprint density at radius 2 is 0.980 bits per heavy atom. The van der Waals surface area contributed by atoms with Crippen LogP contribution in [0.5, 0.6) is 0 Å². The van der Waals surface area contributed by atoms with Crippen molar-refractivity contribution in [1.82, 2.24) is 15.0 Å². The van der Waals surface area contributed by atoms with E-state index in [-0.39, 0.29) is 0 Å². The van der Waals surface area contributed by atoms with Crippen LogP contribution in [0.3, 0.4) is 0 Å². The molecule has 51 heavy (non-hydrogen) atoms. The second-order valence-electron chi connectivity index (χ2n) is 12.8. The molecule has 0 radical (unpaired) electrons. The summed E-state index contributed by atoms with van der Waals surface area (Å²) in [7, 11) is 0. The Morgan fingerprint density at radius 1 is 0.373 bits per heavy atom. The van der Waals surface area contributed by atoms with Gasteiger partial charge < -0.3 is 4.42 Å². The van der Waals surface area contributed by atoms with Gasteiger partial charge >= 0.3 is 0 Å². The van der Waals surface area contributed by atoms with Gasteiger partial charge in [0.1, 0.15) is 11.2 Å². The van der Waals surface area contributed by atoms with Crippen molar-refractivity contribution in [3.8, 4) is 45.3 Å². The highest BCUT2D eigenvalue weighted by Gasteiger charge is 2.19. The Bertz CT molecular complexity index is 3160. The zero-order valence-electron chi connectivity index (χ0n) is 27.0. The molecule has 4 heterocycles. The molecule has 11 rings (SSSR count). The van der Waals surface area contributed by atoms with Crippen molar-refractivity contribution in [3.63, 3.8) is 0 Å². The normalized spacial score (nSPS) is 11.9. The lowest BCUT2D eigenvalue weighted by atomic mass is 10.00. The van der Waals surface area contributed by atoms with Crippen molar-refractivity contribution in [2.45, 2.75) is 0 Å². The van der Waals surface area contributed by atoms with Gasteiger partial charge in [-0.1, -0.05) is 103 Å². The van der Waals surface area contributed by atoms with Crippen LogP contribution < -0.4 is 0 Å². The van der Waals surface area contributed by atoms with Crippen LogP contribution in [0.2, 0.25) is 0 Å². The molecular weight excluding hydrogens is 663 g/mol. The largest absolute Gasteiger partial charge is 0.456 e.